The Labute approximate surface area is 372 Å². The van der Waals surface area contributed by atoms with E-state index in [9.17, 15) is 0 Å². The molecule has 0 bridgehead atoms. The van der Waals surface area contributed by atoms with E-state index in [-0.39, 0.29) is 5.46 Å². The lowest BCUT2D eigenvalue weighted by Gasteiger charge is -2.24. The second-order valence-corrected chi connectivity index (χ2v) is 17.4. The third-order valence-corrected chi connectivity index (χ3v) is 14.7. The highest BCUT2D eigenvalue weighted by molar-refractivity contribution is 8.00. The van der Waals surface area contributed by atoms with Gasteiger partial charge in [0.1, 0.15) is 70.6 Å². The topological polar surface area (TPSA) is 14.3 Å². The highest BCUT2D eigenvalue weighted by Gasteiger charge is 2.35. The average molecular weight is 780 g/mol. The van der Waals surface area contributed by atoms with Gasteiger partial charge in [0.15, 0.2) is 0 Å². The van der Waals surface area contributed by atoms with Crippen molar-refractivity contribution in [3.8, 4) is 22.5 Å². The van der Waals surface area contributed by atoms with Gasteiger partial charge < -0.3 is 13.5 Å². The second kappa shape index (κ2) is 12.4. The van der Waals surface area contributed by atoms with Gasteiger partial charge in [0, 0.05) is 75.3 Å². The quantitative estimate of drug-likeness (QED) is 0.252. The zero-order chi connectivity index (χ0) is 42.4. The molecule has 4 aromatic heterocycles. The Hall–Kier alpha value is -5.91. The summed E-state index contributed by atoms with van der Waals surface area (Å²) in [4.78, 5) is 1.59. The van der Waals surface area contributed by atoms with E-state index >= 15 is 0 Å². The number of para-hydroxylation sites is 2. The van der Waals surface area contributed by atoms with E-state index in [1.807, 2.05) is 55.5 Å². The minimum atomic E-state index is 0.259. The van der Waals surface area contributed by atoms with Crippen molar-refractivity contribution in [2.45, 2.75) is 16.7 Å². The van der Waals surface area contributed by atoms with Crippen LogP contribution in [0.25, 0.3) is 104 Å². The monoisotopic (exact) mass is 781 g/mol. The van der Waals surface area contributed by atoms with Crippen LogP contribution in [0, 0.1) is 6.92 Å². The molecule has 0 atom stereocenters. The van der Waals surface area contributed by atoms with Crippen molar-refractivity contribution in [2.24, 2.45) is 0 Å². The SMILES string of the molecule is [B]c1c([B])c2c3c([B])c(-c4ccccc4)c([B])c4c3n3c5c(c([B])c6c(c7c([B])c(C)c([B])c([B])c7n6-c6ccc7c(c6)c6ccccc6n7-c6ccccc6)c5c(c1[B])c23)S4. The minimum Gasteiger partial charge on any atom is -0.310 e. The molecule has 0 N–H and O–H groups in total. The van der Waals surface area contributed by atoms with Crippen LogP contribution >= 0.6 is 11.8 Å². The Kier molecular flexibility index (Phi) is 7.34. The first-order chi connectivity index (χ1) is 30.0. The number of benzene rings is 8. The molecule has 0 saturated heterocycles. The molecule has 13 rings (SSSR count). The van der Waals surface area contributed by atoms with Crippen molar-refractivity contribution in [2.75, 3.05) is 0 Å². The van der Waals surface area contributed by atoms with Gasteiger partial charge in [-0.3, -0.25) is 0 Å². The molecule has 1 aliphatic heterocycles. The number of aromatic nitrogens is 3. The number of hydrogen-bond donors (Lipinski definition) is 0. The van der Waals surface area contributed by atoms with E-state index in [1.165, 1.54) is 11.8 Å². The fraction of sp³-hybridized carbons (Fsp3) is 0.0204. The first kappa shape index (κ1) is 36.7. The third-order valence-electron chi connectivity index (χ3n) is 13.5. The Morgan fingerprint density at radius 3 is 1.69 bits per heavy atom. The van der Waals surface area contributed by atoms with Gasteiger partial charge in [0.05, 0.1) is 27.6 Å². The molecular formula is C49H20B9N3S. The van der Waals surface area contributed by atoms with Crippen LogP contribution in [-0.4, -0.2) is 84.2 Å². The summed E-state index contributed by atoms with van der Waals surface area (Å²) in [6.07, 6.45) is 0. The summed E-state index contributed by atoms with van der Waals surface area (Å²) in [5.74, 6) is 0. The van der Waals surface area contributed by atoms with Crippen LogP contribution in [0.1, 0.15) is 5.56 Å². The predicted octanol–water partition coefficient (Wildman–Crippen LogP) is 2.62. The summed E-state index contributed by atoms with van der Waals surface area (Å²) in [7, 11) is 64.5. The Morgan fingerprint density at radius 2 is 0.952 bits per heavy atom. The molecular weight excluding hydrogens is 760 g/mol. The molecule has 8 aromatic carbocycles. The van der Waals surface area contributed by atoms with Gasteiger partial charge >= 0.3 is 0 Å². The third kappa shape index (κ3) is 4.22. The standard InChI is InChI=1S/C49H20B9N3S/c1-19-34(50)30-28-29-31-37(53)40(56)38(54)33-32-36(52)27(20-10-4-2-5-11-20)39(55)48-47(32)61(43(31)33)46(29)49(62-48)42(58)44(28)60(45(30)41(57)35(19)51)22-16-17-26-24(18-22)23-14-8-9-15-25(23)59(26)21-12-6-3-7-13-21/h2-18H,1H3. The van der Waals surface area contributed by atoms with Gasteiger partial charge in [0.25, 0.3) is 0 Å². The van der Waals surface area contributed by atoms with Gasteiger partial charge in [0.2, 0.25) is 0 Å². The van der Waals surface area contributed by atoms with Crippen LogP contribution < -0.4 is 49.2 Å². The summed E-state index contributed by atoms with van der Waals surface area (Å²) < 4.78 is 6.57. The van der Waals surface area contributed by atoms with Crippen LogP contribution in [0.4, 0.5) is 0 Å². The molecule has 5 heterocycles. The maximum Gasteiger partial charge on any atom is 0.118 e. The Bertz CT molecular complexity index is 4060. The van der Waals surface area contributed by atoms with Crippen LogP contribution in [-0.2, 0) is 0 Å². The predicted molar refractivity (Wildman–Crippen MR) is 273 cm³/mol. The fourth-order valence-corrected chi connectivity index (χ4v) is 11.9. The van der Waals surface area contributed by atoms with Crippen molar-refractivity contribution in [1.29, 1.82) is 0 Å². The molecule has 264 valence electrons. The minimum absolute atomic E-state index is 0.259. The van der Waals surface area contributed by atoms with E-state index in [0.29, 0.717) is 82.0 Å². The maximum absolute atomic E-state index is 7.66. The average Bonchev–Trinajstić information content (AvgIpc) is 4.03. The molecule has 0 aliphatic carbocycles. The Morgan fingerprint density at radius 1 is 0.387 bits per heavy atom. The molecule has 0 amide bonds. The van der Waals surface area contributed by atoms with Crippen molar-refractivity contribution in [3.63, 3.8) is 0 Å². The molecule has 0 fully saturated rings. The van der Waals surface area contributed by atoms with Crippen LogP contribution in [0.3, 0.4) is 0 Å². The van der Waals surface area contributed by atoms with Crippen molar-refractivity contribution in [3.05, 3.63) is 109 Å². The van der Waals surface area contributed by atoms with Gasteiger partial charge in [-0.15, -0.1) is 5.46 Å². The van der Waals surface area contributed by atoms with Crippen molar-refractivity contribution >= 4 is 213 Å². The fourth-order valence-electron chi connectivity index (χ4n) is 10.7. The molecule has 0 spiro atoms. The molecule has 3 nitrogen and oxygen atoms in total. The number of rotatable bonds is 3. The second-order valence-electron chi connectivity index (χ2n) is 16.4. The number of nitrogens with zero attached hydrogens (tertiary/aromatic N) is 3. The lowest BCUT2D eigenvalue weighted by atomic mass is 9.67. The van der Waals surface area contributed by atoms with E-state index in [4.69, 9.17) is 70.6 Å². The summed E-state index contributed by atoms with van der Waals surface area (Å²) >= 11 is 1.51. The molecule has 0 unspecified atom stereocenters. The normalized spacial score (nSPS) is 12.8. The van der Waals surface area contributed by atoms with Crippen molar-refractivity contribution < 1.29 is 0 Å². The van der Waals surface area contributed by atoms with E-state index in [1.54, 1.807) is 0 Å². The summed E-state index contributed by atoms with van der Waals surface area (Å²) in [6.45, 7) is 1.89. The van der Waals surface area contributed by atoms with Gasteiger partial charge in [-0.05, 0) is 54.4 Å². The van der Waals surface area contributed by atoms with Crippen molar-refractivity contribution in [1.82, 2.24) is 13.5 Å². The van der Waals surface area contributed by atoms with Crippen LogP contribution in [0.5, 0.6) is 0 Å². The summed E-state index contributed by atoms with van der Waals surface area (Å²) in [5, 5.41) is 6.60. The molecule has 0 saturated carbocycles. The summed E-state index contributed by atoms with van der Waals surface area (Å²) in [5.41, 5.74) is 13.8. The van der Waals surface area contributed by atoms with Gasteiger partial charge in [-0.2, -0.15) is 0 Å². The highest BCUT2D eigenvalue weighted by atomic mass is 32.2. The van der Waals surface area contributed by atoms with Gasteiger partial charge in [-0.1, -0.05) is 128 Å². The number of fused-ring (bicyclic) bond motifs is 9. The molecule has 62 heavy (non-hydrogen) atoms. The zero-order valence-corrected chi connectivity index (χ0v) is 34.1. The lowest BCUT2D eigenvalue weighted by Crippen LogP contribution is -2.39. The molecule has 18 radical (unpaired) electrons. The molecule has 1 aliphatic rings. The smallest absolute Gasteiger partial charge is 0.118 e. The van der Waals surface area contributed by atoms with E-state index in [2.05, 4.69) is 68.1 Å². The summed E-state index contributed by atoms with van der Waals surface area (Å²) in [6, 6.07) is 35.1. The van der Waals surface area contributed by atoms with E-state index < -0.39 is 0 Å². The maximum atomic E-state index is 7.66. The molecule has 12 aromatic rings. The first-order valence-corrected chi connectivity index (χ1v) is 21.0. The zero-order valence-electron chi connectivity index (χ0n) is 33.3. The number of hydrogen-bond acceptors (Lipinski definition) is 1. The lowest BCUT2D eigenvalue weighted by molar-refractivity contribution is 1.17. The largest absolute Gasteiger partial charge is 0.310 e. The molecule has 13 heteroatoms. The van der Waals surface area contributed by atoms with E-state index in [0.717, 1.165) is 81.2 Å². The Balaban J connectivity index is 1.26. The van der Waals surface area contributed by atoms with Crippen LogP contribution in [0.15, 0.2) is 113 Å². The highest BCUT2D eigenvalue weighted by Crippen LogP contribution is 2.51. The first-order valence-electron chi connectivity index (χ1n) is 20.2. The van der Waals surface area contributed by atoms with Crippen LogP contribution in [0.2, 0.25) is 0 Å². The van der Waals surface area contributed by atoms with Gasteiger partial charge in [-0.25, -0.2) is 0 Å².